The molecule has 28 heavy (non-hydrogen) atoms. The van der Waals surface area contributed by atoms with Crippen molar-refractivity contribution in [2.45, 2.75) is 18.9 Å². The third kappa shape index (κ3) is 4.17. The van der Waals surface area contributed by atoms with Crippen LogP contribution >= 0.6 is 11.6 Å². The van der Waals surface area contributed by atoms with Gasteiger partial charge in [-0.2, -0.15) is 5.10 Å². The number of aromatic nitrogens is 3. The lowest BCUT2D eigenvalue weighted by Crippen LogP contribution is -2.39. The van der Waals surface area contributed by atoms with Crippen molar-refractivity contribution in [3.05, 3.63) is 59.8 Å². The Bertz CT molecular complexity index is 928. The third-order valence-corrected chi connectivity index (χ3v) is 5.03. The molecule has 144 valence electrons. The molecule has 1 fully saturated rings. The number of methoxy groups -OCH3 is 1. The number of halogens is 1. The fraction of sp³-hybridized carbons (Fsp3) is 0.286. The van der Waals surface area contributed by atoms with E-state index in [0.717, 1.165) is 48.7 Å². The first kappa shape index (κ1) is 18.5. The monoisotopic (exact) mass is 396 g/mol. The second-order valence-electron chi connectivity index (χ2n) is 6.60. The van der Waals surface area contributed by atoms with Crippen LogP contribution < -0.4 is 14.4 Å². The van der Waals surface area contributed by atoms with Crippen LogP contribution in [0.4, 0.5) is 5.95 Å². The lowest BCUT2D eigenvalue weighted by molar-refractivity contribution is 0.164. The van der Waals surface area contributed by atoms with Gasteiger partial charge in [0, 0.05) is 36.5 Å². The largest absolute Gasteiger partial charge is 0.493 e. The highest BCUT2D eigenvalue weighted by atomic mass is 35.5. The van der Waals surface area contributed by atoms with Crippen molar-refractivity contribution in [2.24, 2.45) is 0 Å². The number of rotatable bonds is 5. The molecule has 0 saturated carbocycles. The van der Waals surface area contributed by atoms with E-state index in [1.807, 2.05) is 48.5 Å². The summed E-state index contributed by atoms with van der Waals surface area (Å²) in [5, 5.41) is 9.05. The predicted octanol–water partition coefficient (Wildman–Crippen LogP) is 4.25. The Hall–Kier alpha value is -2.86. The van der Waals surface area contributed by atoms with Crippen molar-refractivity contribution in [3.8, 4) is 22.8 Å². The average molecular weight is 397 g/mol. The quantitative estimate of drug-likeness (QED) is 0.642. The smallest absolute Gasteiger partial charge is 0.245 e. The minimum absolute atomic E-state index is 0.139. The molecule has 0 spiro atoms. The maximum atomic E-state index is 6.15. The predicted molar refractivity (Wildman–Crippen MR) is 109 cm³/mol. The molecule has 1 aliphatic heterocycles. The van der Waals surface area contributed by atoms with E-state index in [-0.39, 0.29) is 6.10 Å². The Kier molecular flexibility index (Phi) is 5.58. The molecule has 0 aliphatic carbocycles. The van der Waals surface area contributed by atoms with Gasteiger partial charge < -0.3 is 14.4 Å². The standard InChI is InChI=1S/C21H21ClN4O2/c1-27-19-4-2-3-5-20(19)28-17-10-12-26(13-11-17)21-24-18(14-23-25-21)15-6-8-16(22)9-7-15/h2-9,14,17H,10-13H2,1H3. The molecule has 7 heteroatoms. The van der Waals surface area contributed by atoms with Crippen LogP contribution in [0.3, 0.4) is 0 Å². The Morgan fingerprint density at radius 2 is 1.71 bits per heavy atom. The normalized spacial score (nSPS) is 14.7. The van der Waals surface area contributed by atoms with E-state index in [2.05, 4.69) is 20.1 Å². The van der Waals surface area contributed by atoms with Crippen LogP contribution in [0.1, 0.15) is 12.8 Å². The molecule has 1 aliphatic rings. The van der Waals surface area contributed by atoms with Gasteiger partial charge in [0.25, 0.3) is 0 Å². The molecular weight excluding hydrogens is 376 g/mol. The van der Waals surface area contributed by atoms with E-state index in [4.69, 9.17) is 21.1 Å². The molecule has 1 saturated heterocycles. The fourth-order valence-electron chi connectivity index (χ4n) is 3.26. The highest BCUT2D eigenvalue weighted by molar-refractivity contribution is 6.30. The second-order valence-corrected chi connectivity index (χ2v) is 7.04. The summed E-state index contributed by atoms with van der Waals surface area (Å²) in [6.45, 7) is 1.62. The summed E-state index contributed by atoms with van der Waals surface area (Å²) in [5.74, 6) is 2.18. The molecule has 0 bridgehead atoms. The first-order chi connectivity index (χ1) is 13.7. The van der Waals surface area contributed by atoms with Crippen LogP contribution in [0, 0.1) is 0 Å². The first-order valence-corrected chi connectivity index (χ1v) is 9.61. The number of hydrogen-bond donors (Lipinski definition) is 0. The number of benzene rings is 2. The Morgan fingerprint density at radius 1 is 1.00 bits per heavy atom. The zero-order valence-corrected chi connectivity index (χ0v) is 16.3. The Morgan fingerprint density at radius 3 is 2.43 bits per heavy atom. The Balaban J connectivity index is 1.41. The summed E-state index contributed by atoms with van der Waals surface area (Å²) in [6.07, 6.45) is 3.57. The summed E-state index contributed by atoms with van der Waals surface area (Å²) in [5.41, 5.74) is 1.75. The molecular formula is C21H21ClN4O2. The molecule has 0 N–H and O–H groups in total. The van der Waals surface area contributed by atoms with E-state index in [1.54, 1.807) is 13.3 Å². The molecule has 0 amide bonds. The Labute approximate surface area is 169 Å². The third-order valence-electron chi connectivity index (χ3n) is 4.78. The van der Waals surface area contributed by atoms with Crippen LogP contribution in [-0.4, -0.2) is 41.5 Å². The number of hydrogen-bond acceptors (Lipinski definition) is 6. The molecule has 3 aromatic rings. The summed E-state index contributed by atoms with van der Waals surface area (Å²) >= 11 is 5.97. The van der Waals surface area contributed by atoms with Crippen molar-refractivity contribution in [3.63, 3.8) is 0 Å². The number of nitrogens with zero attached hydrogens (tertiary/aromatic N) is 4. The van der Waals surface area contributed by atoms with Gasteiger partial charge in [-0.15, -0.1) is 5.10 Å². The molecule has 0 radical (unpaired) electrons. The number of anilines is 1. The van der Waals surface area contributed by atoms with Crippen molar-refractivity contribution < 1.29 is 9.47 Å². The second kappa shape index (κ2) is 8.44. The average Bonchev–Trinajstić information content (AvgIpc) is 2.75. The van der Waals surface area contributed by atoms with Crippen molar-refractivity contribution in [1.29, 1.82) is 0 Å². The van der Waals surface area contributed by atoms with Crippen LogP contribution in [-0.2, 0) is 0 Å². The van der Waals surface area contributed by atoms with Crippen molar-refractivity contribution >= 4 is 17.5 Å². The zero-order valence-electron chi connectivity index (χ0n) is 15.6. The zero-order chi connectivity index (χ0) is 19.3. The van der Waals surface area contributed by atoms with Gasteiger partial charge in [-0.3, -0.25) is 0 Å². The summed E-state index contributed by atoms with van der Waals surface area (Å²) in [4.78, 5) is 6.83. The van der Waals surface area contributed by atoms with Gasteiger partial charge in [0.2, 0.25) is 5.95 Å². The first-order valence-electron chi connectivity index (χ1n) is 9.23. The molecule has 2 heterocycles. The summed E-state index contributed by atoms with van der Waals surface area (Å²) in [6, 6.07) is 15.3. The van der Waals surface area contributed by atoms with Gasteiger partial charge in [-0.05, 0) is 24.3 Å². The van der Waals surface area contributed by atoms with Crippen LogP contribution in [0.2, 0.25) is 5.02 Å². The number of piperidine rings is 1. The number of para-hydroxylation sites is 2. The van der Waals surface area contributed by atoms with Crippen LogP contribution in [0.5, 0.6) is 11.5 Å². The van der Waals surface area contributed by atoms with E-state index in [0.29, 0.717) is 11.0 Å². The lowest BCUT2D eigenvalue weighted by Gasteiger charge is -2.32. The van der Waals surface area contributed by atoms with Gasteiger partial charge in [0.05, 0.1) is 19.0 Å². The SMILES string of the molecule is COc1ccccc1OC1CCN(c2nncc(-c3ccc(Cl)cc3)n2)CC1. The number of ether oxygens (including phenoxy) is 2. The lowest BCUT2D eigenvalue weighted by atomic mass is 10.1. The maximum absolute atomic E-state index is 6.15. The highest BCUT2D eigenvalue weighted by Crippen LogP contribution is 2.29. The van der Waals surface area contributed by atoms with E-state index in [1.165, 1.54) is 0 Å². The molecule has 1 aromatic heterocycles. The molecule has 4 rings (SSSR count). The van der Waals surface area contributed by atoms with E-state index in [9.17, 15) is 0 Å². The summed E-state index contributed by atoms with van der Waals surface area (Å²) < 4.78 is 11.5. The van der Waals surface area contributed by atoms with Gasteiger partial charge in [0.15, 0.2) is 11.5 Å². The molecule has 0 atom stereocenters. The van der Waals surface area contributed by atoms with E-state index < -0.39 is 0 Å². The topological polar surface area (TPSA) is 60.4 Å². The van der Waals surface area contributed by atoms with Crippen LogP contribution in [0.25, 0.3) is 11.3 Å². The van der Waals surface area contributed by atoms with Gasteiger partial charge in [-0.25, -0.2) is 4.98 Å². The maximum Gasteiger partial charge on any atom is 0.245 e. The molecule has 0 unspecified atom stereocenters. The fourth-order valence-corrected chi connectivity index (χ4v) is 3.38. The van der Waals surface area contributed by atoms with Gasteiger partial charge in [0.1, 0.15) is 6.10 Å². The van der Waals surface area contributed by atoms with Crippen molar-refractivity contribution in [1.82, 2.24) is 15.2 Å². The summed E-state index contributed by atoms with van der Waals surface area (Å²) in [7, 11) is 1.66. The highest BCUT2D eigenvalue weighted by Gasteiger charge is 2.23. The van der Waals surface area contributed by atoms with E-state index >= 15 is 0 Å². The minimum atomic E-state index is 0.139. The van der Waals surface area contributed by atoms with Crippen molar-refractivity contribution in [2.75, 3.05) is 25.1 Å². The minimum Gasteiger partial charge on any atom is -0.493 e. The molecule has 2 aromatic carbocycles. The van der Waals surface area contributed by atoms with Gasteiger partial charge in [-0.1, -0.05) is 35.9 Å². The molecule has 6 nitrogen and oxygen atoms in total. The van der Waals surface area contributed by atoms with Gasteiger partial charge >= 0.3 is 0 Å². The van der Waals surface area contributed by atoms with Crippen LogP contribution in [0.15, 0.2) is 54.7 Å².